The van der Waals surface area contributed by atoms with E-state index in [-0.39, 0.29) is 11.7 Å². The second-order valence-corrected chi connectivity index (χ2v) is 3.16. The molecule has 1 atom stereocenters. The van der Waals surface area contributed by atoms with Crippen molar-refractivity contribution < 1.29 is 4.39 Å². The first-order valence-electron chi connectivity index (χ1n) is 4.11. The van der Waals surface area contributed by atoms with E-state index in [4.69, 9.17) is 5.73 Å². The van der Waals surface area contributed by atoms with E-state index >= 15 is 0 Å². The fraction of sp³-hybridized carbons (Fsp3) is 0.400. The molecule has 0 amide bonds. The Morgan fingerprint density at radius 2 is 2.17 bits per heavy atom. The number of aryl methyl sites for hydroxylation is 1. The van der Waals surface area contributed by atoms with Crippen molar-refractivity contribution in [3.63, 3.8) is 0 Å². The lowest BCUT2D eigenvalue weighted by Crippen LogP contribution is -2.10. The molecule has 0 aliphatic heterocycles. The van der Waals surface area contributed by atoms with Crippen molar-refractivity contribution in [3.05, 3.63) is 35.1 Å². The predicted octanol–water partition coefficient (Wildman–Crippen LogP) is 2.20. The molecule has 0 saturated heterocycles. The minimum absolute atomic E-state index is 0.102. The van der Waals surface area contributed by atoms with Crippen molar-refractivity contribution >= 4 is 0 Å². The molecule has 1 nitrogen and oxygen atoms in total. The quantitative estimate of drug-likeness (QED) is 0.718. The summed E-state index contributed by atoms with van der Waals surface area (Å²) in [6, 6.07) is 5.12. The highest BCUT2D eigenvalue weighted by atomic mass is 19.1. The Morgan fingerprint density at radius 3 is 2.75 bits per heavy atom. The second-order valence-electron chi connectivity index (χ2n) is 3.16. The van der Waals surface area contributed by atoms with Crippen LogP contribution in [0.5, 0.6) is 0 Å². The van der Waals surface area contributed by atoms with E-state index in [1.807, 2.05) is 19.9 Å². The Balaban J connectivity index is 3.04. The average Bonchev–Trinajstić information content (AvgIpc) is 2.08. The molecule has 1 aromatic rings. The van der Waals surface area contributed by atoms with Crippen molar-refractivity contribution in [1.82, 2.24) is 0 Å². The number of hydrogen-bond acceptors (Lipinski definition) is 1. The van der Waals surface area contributed by atoms with Crippen LogP contribution in [0.1, 0.15) is 24.0 Å². The topological polar surface area (TPSA) is 26.0 Å². The molecule has 1 rings (SSSR count). The normalized spacial score (nSPS) is 13.0. The van der Waals surface area contributed by atoms with Crippen molar-refractivity contribution in [2.24, 2.45) is 5.73 Å². The SMILES string of the molecule is Cc1ccc(F)c(C(C)CN)c1. The molecule has 0 fully saturated rings. The maximum absolute atomic E-state index is 13.2. The lowest BCUT2D eigenvalue weighted by molar-refractivity contribution is 0.590. The molecule has 0 spiro atoms. The molecule has 2 N–H and O–H groups in total. The molecule has 1 aromatic carbocycles. The summed E-state index contributed by atoms with van der Waals surface area (Å²) in [5.74, 6) is -0.0524. The third-order valence-corrected chi connectivity index (χ3v) is 2.04. The molecule has 1 unspecified atom stereocenters. The third-order valence-electron chi connectivity index (χ3n) is 2.04. The van der Waals surface area contributed by atoms with E-state index in [1.165, 1.54) is 6.07 Å². The Morgan fingerprint density at radius 1 is 1.50 bits per heavy atom. The van der Waals surface area contributed by atoms with Crippen molar-refractivity contribution in [3.8, 4) is 0 Å². The number of hydrogen-bond donors (Lipinski definition) is 1. The standard InChI is InChI=1S/C10H14FN/c1-7-3-4-10(11)9(5-7)8(2)6-12/h3-5,8H,6,12H2,1-2H3. The zero-order valence-corrected chi connectivity index (χ0v) is 7.47. The molecule has 2 heteroatoms. The van der Waals surface area contributed by atoms with Crippen LogP contribution in [-0.4, -0.2) is 6.54 Å². The minimum atomic E-state index is -0.154. The number of halogens is 1. The van der Waals surface area contributed by atoms with Crippen LogP contribution in [0.4, 0.5) is 4.39 Å². The lowest BCUT2D eigenvalue weighted by atomic mass is 9.99. The first-order chi connectivity index (χ1) is 5.65. The van der Waals surface area contributed by atoms with Crippen molar-refractivity contribution in [1.29, 1.82) is 0 Å². The number of benzene rings is 1. The molecular formula is C10H14FN. The van der Waals surface area contributed by atoms with Crippen LogP contribution >= 0.6 is 0 Å². The van der Waals surface area contributed by atoms with Crippen molar-refractivity contribution in [2.45, 2.75) is 19.8 Å². The molecule has 0 aliphatic rings. The van der Waals surface area contributed by atoms with Gasteiger partial charge in [-0.1, -0.05) is 24.6 Å². The summed E-state index contributed by atoms with van der Waals surface area (Å²) in [6.45, 7) is 4.37. The van der Waals surface area contributed by atoms with E-state index < -0.39 is 0 Å². The zero-order chi connectivity index (χ0) is 9.14. The van der Waals surface area contributed by atoms with Crippen LogP contribution < -0.4 is 5.73 Å². The maximum Gasteiger partial charge on any atom is 0.126 e. The Hall–Kier alpha value is -0.890. The molecule has 0 aromatic heterocycles. The predicted molar refractivity (Wildman–Crippen MR) is 48.6 cm³/mol. The van der Waals surface area contributed by atoms with Crippen LogP contribution in [0.15, 0.2) is 18.2 Å². The van der Waals surface area contributed by atoms with Gasteiger partial charge in [0.25, 0.3) is 0 Å². The van der Waals surface area contributed by atoms with Gasteiger partial charge >= 0.3 is 0 Å². The minimum Gasteiger partial charge on any atom is -0.330 e. The second kappa shape index (κ2) is 3.68. The van der Waals surface area contributed by atoms with Crippen LogP contribution in [-0.2, 0) is 0 Å². The van der Waals surface area contributed by atoms with Gasteiger partial charge in [-0.25, -0.2) is 4.39 Å². The fourth-order valence-electron chi connectivity index (χ4n) is 1.17. The molecule has 0 saturated carbocycles. The highest BCUT2D eigenvalue weighted by Gasteiger charge is 2.08. The van der Waals surface area contributed by atoms with Gasteiger partial charge in [0.1, 0.15) is 5.82 Å². The maximum atomic E-state index is 13.2. The molecule has 0 radical (unpaired) electrons. The number of nitrogens with two attached hydrogens (primary N) is 1. The van der Waals surface area contributed by atoms with E-state index in [9.17, 15) is 4.39 Å². The molecule has 0 bridgehead atoms. The van der Waals surface area contributed by atoms with Gasteiger partial charge in [0.15, 0.2) is 0 Å². The first kappa shape index (κ1) is 9.20. The van der Waals surface area contributed by atoms with Gasteiger partial charge in [0, 0.05) is 0 Å². The monoisotopic (exact) mass is 167 g/mol. The van der Waals surface area contributed by atoms with Crippen LogP contribution in [0.25, 0.3) is 0 Å². The average molecular weight is 167 g/mol. The van der Waals surface area contributed by atoms with E-state index in [2.05, 4.69) is 0 Å². The van der Waals surface area contributed by atoms with Gasteiger partial charge in [-0.05, 0) is 31.0 Å². The fourth-order valence-corrected chi connectivity index (χ4v) is 1.17. The van der Waals surface area contributed by atoms with E-state index in [1.54, 1.807) is 6.07 Å². The number of rotatable bonds is 2. The Bertz CT molecular complexity index is 271. The third kappa shape index (κ3) is 1.83. The molecule has 12 heavy (non-hydrogen) atoms. The van der Waals surface area contributed by atoms with Crippen LogP contribution in [0.2, 0.25) is 0 Å². The Labute approximate surface area is 72.4 Å². The van der Waals surface area contributed by atoms with Crippen LogP contribution in [0, 0.1) is 12.7 Å². The molecular weight excluding hydrogens is 153 g/mol. The summed E-state index contributed by atoms with van der Waals surface area (Å²) in [5, 5.41) is 0. The molecule has 0 aliphatic carbocycles. The van der Waals surface area contributed by atoms with Gasteiger partial charge in [-0.15, -0.1) is 0 Å². The van der Waals surface area contributed by atoms with Crippen LogP contribution in [0.3, 0.4) is 0 Å². The smallest absolute Gasteiger partial charge is 0.126 e. The van der Waals surface area contributed by atoms with Gasteiger partial charge in [0.05, 0.1) is 0 Å². The lowest BCUT2D eigenvalue weighted by Gasteiger charge is -2.10. The summed E-state index contributed by atoms with van der Waals surface area (Å²) in [4.78, 5) is 0. The van der Waals surface area contributed by atoms with Gasteiger partial charge in [-0.3, -0.25) is 0 Å². The van der Waals surface area contributed by atoms with Gasteiger partial charge in [-0.2, -0.15) is 0 Å². The van der Waals surface area contributed by atoms with E-state index in [0.29, 0.717) is 6.54 Å². The largest absolute Gasteiger partial charge is 0.330 e. The highest BCUT2D eigenvalue weighted by Crippen LogP contribution is 2.18. The molecule has 66 valence electrons. The summed E-state index contributed by atoms with van der Waals surface area (Å²) in [7, 11) is 0. The Kier molecular flexibility index (Phi) is 2.82. The van der Waals surface area contributed by atoms with E-state index in [0.717, 1.165) is 11.1 Å². The summed E-state index contributed by atoms with van der Waals surface area (Å²) < 4.78 is 13.2. The summed E-state index contributed by atoms with van der Waals surface area (Å²) >= 11 is 0. The molecule has 0 heterocycles. The van der Waals surface area contributed by atoms with Crippen molar-refractivity contribution in [2.75, 3.05) is 6.54 Å². The first-order valence-corrected chi connectivity index (χ1v) is 4.11. The zero-order valence-electron chi connectivity index (χ0n) is 7.47. The van der Waals surface area contributed by atoms with Gasteiger partial charge in [0.2, 0.25) is 0 Å². The summed E-state index contributed by atoms with van der Waals surface area (Å²) in [5.41, 5.74) is 7.25. The van der Waals surface area contributed by atoms with Gasteiger partial charge < -0.3 is 5.73 Å². The summed E-state index contributed by atoms with van der Waals surface area (Å²) in [6.07, 6.45) is 0. The highest BCUT2D eigenvalue weighted by molar-refractivity contribution is 5.26.